The highest BCUT2D eigenvalue weighted by molar-refractivity contribution is 4.97. The fourth-order valence-corrected chi connectivity index (χ4v) is 5.47. The third-order valence-corrected chi connectivity index (χ3v) is 6.72. The SMILES string of the molecule is CCCC1CCC(CNC)C(C2CCOC3(CCC3)C2)C1. The Hall–Kier alpha value is -0.0800. The molecule has 1 saturated heterocycles. The Balaban J connectivity index is 1.65. The molecule has 2 aliphatic carbocycles. The maximum atomic E-state index is 6.18. The van der Waals surface area contributed by atoms with E-state index in [4.69, 9.17) is 4.74 Å². The molecular weight excluding hydrogens is 258 g/mol. The van der Waals surface area contributed by atoms with Crippen molar-refractivity contribution in [2.45, 2.75) is 76.7 Å². The Morgan fingerprint density at radius 1 is 1.19 bits per heavy atom. The van der Waals surface area contributed by atoms with Crippen molar-refractivity contribution in [3.8, 4) is 0 Å². The second kappa shape index (κ2) is 7.00. The molecule has 1 N–H and O–H groups in total. The molecule has 0 radical (unpaired) electrons. The van der Waals surface area contributed by atoms with Crippen molar-refractivity contribution >= 4 is 0 Å². The lowest BCUT2D eigenvalue weighted by Gasteiger charge is -2.51. The quantitative estimate of drug-likeness (QED) is 0.812. The van der Waals surface area contributed by atoms with E-state index in [1.165, 1.54) is 70.8 Å². The van der Waals surface area contributed by atoms with Gasteiger partial charge in [-0.3, -0.25) is 0 Å². The number of rotatable bonds is 5. The van der Waals surface area contributed by atoms with Gasteiger partial charge in [0.2, 0.25) is 0 Å². The third kappa shape index (κ3) is 3.47. The average molecular weight is 293 g/mol. The van der Waals surface area contributed by atoms with Crippen LogP contribution in [-0.4, -0.2) is 25.8 Å². The van der Waals surface area contributed by atoms with Gasteiger partial charge >= 0.3 is 0 Å². The summed E-state index contributed by atoms with van der Waals surface area (Å²) in [6, 6.07) is 0. The summed E-state index contributed by atoms with van der Waals surface area (Å²) in [5, 5.41) is 3.47. The van der Waals surface area contributed by atoms with Crippen molar-refractivity contribution < 1.29 is 4.74 Å². The molecule has 1 heterocycles. The van der Waals surface area contributed by atoms with Crippen LogP contribution in [0.15, 0.2) is 0 Å². The Bertz CT molecular complexity index is 326. The predicted molar refractivity (Wildman–Crippen MR) is 88.4 cm³/mol. The van der Waals surface area contributed by atoms with Gasteiger partial charge in [0.25, 0.3) is 0 Å². The van der Waals surface area contributed by atoms with E-state index < -0.39 is 0 Å². The second-order valence-corrected chi connectivity index (χ2v) is 8.09. The minimum atomic E-state index is 0.324. The maximum absolute atomic E-state index is 6.18. The van der Waals surface area contributed by atoms with Crippen LogP contribution in [0.5, 0.6) is 0 Å². The van der Waals surface area contributed by atoms with Crippen LogP contribution in [0.4, 0.5) is 0 Å². The van der Waals surface area contributed by atoms with Crippen LogP contribution in [0.2, 0.25) is 0 Å². The normalized spacial score (nSPS) is 39.1. The fraction of sp³-hybridized carbons (Fsp3) is 1.00. The molecule has 1 aliphatic heterocycles. The van der Waals surface area contributed by atoms with Gasteiger partial charge in [-0.1, -0.05) is 26.2 Å². The van der Waals surface area contributed by atoms with Gasteiger partial charge in [0.1, 0.15) is 0 Å². The van der Waals surface area contributed by atoms with Crippen LogP contribution in [0, 0.1) is 23.7 Å². The monoisotopic (exact) mass is 293 g/mol. The molecular formula is C19H35NO. The maximum Gasteiger partial charge on any atom is 0.0685 e. The predicted octanol–water partition coefficient (Wildman–Crippen LogP) is 4.39. The molecule has 4 unspecified atom stereocenters. The highest BCUT2D eigenvalue weighted by atomic mass is 16.5. The largest absolute Gasteiger partial charge is 0.375 e. The van der Waals surface area contributed by atoms with Crippen molar-refractivity contribution in [3.05, 3.63) is 0 Å². The first-order valence-corrected chi connectivity index (χ1v) is 9.55. The summed E-state index contributed by atoms with van der Waals surface area (Å²) in [5.74, 6) is 3.83. The minimum absolute atomic E-state index is 0.324. The van der Waals surface area contributed by atoms with Crippen LogP contribution >= 0.6 is 0 Å². The fourth-order valence-electron chi connectivity index (χ4n) is 5.47. The Morgan fingerprint density at radius 3 is 2.71 bits per heavy atom. The Labute approximate surface area is 131 Å². The lowest BCUT2D eigenvalue weighted by Crippen LogP contribution is -2.48. The molecule has 122 valence electrons. The molecule has 2 saturated carbocycles. The van der Waals surface area contributed by atoms with E-state index in [0.29, 0.717) is 5.60 Å². The second-order valence-electron chi connectivity index (χ2n) is 8.09. The molecule has 0 amide bonds. The van der Waals surface area contributed by atoms with Crippen LogP contribution in [0.1, 0.15) is 71.1 Å². The summed E-state index contributed by atoms with van der Waals surface area (Å²) < 4.78 is 6.18. The highest BCUT2D eigenvalue weighted by Crippen LogP contribution is 2.50. The van der Waals surface area contributed by atoms with Gasteiger partial charge < -0.3 is 10.1 Å². The average Bonchev–Trinajstić information content (AvgIpc) is 2.48. The molecule has 21 heavy (non-hydrogen) atoms. The van der Waals surface area contributed by atoms with Crippen LogP contribution in [0.3, 0.4) is 0 Å². The molecule has 1 spiro atoms. The van der Waals surface area contributed by atoms with Gasteiger partial charge in [-0.05, 0) is 82.2 Å². The van der Waals surface area contributed by atoms with Crippen molar-refractivity contribution in [2.24, 2.45) is 23.7 Å². The lowest BCUT2D eigenvalue weighted by molar-refractivity contribution is -0.155. The van der Waals surface area contributed by atoms with Crippen LogP contribution in [0.25, 0.3) is 0 Å². The van der Waals surface area contributed by atoms with Crippen molar-refractivity contribution in [3.63, 3.8) is 0 Å². The molecule has 0 aromatic carbocycles. The molecule has 3 fully saturated rings. The molecule has 2 heteroatoms. The van der Waals surface area contributed by atoms with Crippen molar-refractivity contribution in [2.75, 3.05) is 20.2 Å². The van der Waals surface area contributed by atoms with E-state index in [-0.39, 0.29) is 0 Å². The molecule has 0 aromatic rings. The van der Waals surface area contributed by atoms with Crippen LogP contribution < -0.4 is 5.32 Å². The van der Waals surface area contributed by atoms with Crippen molar-refractivity contribution in [1.82, 2.24) is 5.32 Å². The van der Waals surface area contributed by atoms with E-state index in [9.17, 15) is 0 Å². The number of nitrogens with one attached hydrogen (secondary N) is 1. The van der Waals surface area contributed by atoms with Crippen molar-refractivity contribution in [1.29, 1.82) is 0 Å². The van der Waals surface area contributed by atoms with E-state index in [0.717, 1.165) is 30.3 Å². The minimum Gasteiger partial charge on any atom is -0.375 e. The van der Waals surface area contributed by atoms with E-state index in [1.54, 1.807) is 0 Å². The van der Waals surface area contributed by atoms with E-state index >= 15 is 0 Å². The smallest absolute Gasteiger partial charge is 0.0685 e. The first-order valence-electron chi connectivity index (χ1n) is 9.55. The zero-order chi connectivity index (χ0) is 14.7. The zero-order valence-electron chi connectivity index (χ0n) is 14.2. The summed E-state index contributed by atoms with van der Waals surface area (Å²) in [4.78, 5) is 0. The van der Waals surface area contributed by atoms with Gasteiger partial charge in [-0.15, -0.1) is 0 Å². The van der Waals surface area contributed by atoms with Gasteiger partial charge in [-0.2, -0.15) is 0 Å². The summed E-state index contributed by atoms with van der Waals surface area (Å²) in [6.45, 7) is 4.62. The summed E-state index contributed by atoms with van der Waals surface area (Å²) in [7, 11) is 2.13. The topological polar surface area (TPSA) is 21.3 Å². The number of hydrogen-bond donors (Lipinski definition) is 1. The van der Waals surface area contributed by atoms with Gasteiger partial charge in [-0.25, -0.2) is 0 Å². The van der Waals surface area contributed by atoms with Crippen LogP contribution in [-0.2, 0) is 4.74 Å². The number of hydrogen-bond acceptors (Lipinski definition) is 2. The standard InChI is InChI=1S/C19H35NO/c1-3-5-15-6-7-17(14-20-2)18(12-15)16-8-11-21-19(13-16)9-4-10-19/h15-18,20H,3-14H2,1-2H3. The molecule has 3 rings (SSSR count). The first kappa shape index (κ1) is 15.8. The van der Waals surface area contributed by atoms with Gasteiger partial charge in [0.15, 0.2) is 0 Å². The van der Waals surface area contributed by atoms with Gasteiger partial charge in [0, 0.05) is 6.61 Å². The lowest BCUT2D eigenvalue weighted by atomic mass is 9.62. The molecule has 2 nitrogen and oxygen atoms in total. The first-order chi connectivity index (χ1) is 10.3. The summed E-state index contributed by atoms with van der Waals surface area (Å²) in [6.07, 6.45) is 14.0. The highest BCUT2D eigenvalue weighted by Gasteiger charge is 2.46. The Kier molecular flexibility index (Phi) is 5.27. The summed E-state index contributed by atoms with van der Waals surface area (Å²) >= 11 is 0. The Morgan fingerprint density at radius 2 is 2.05 bits per heavy atom. The molecule has 0 aromatic heterocycles. The number of ether oxygens (including phenoxy) is 1. The third-order valence-electron chi connectivity index (χ3n) is 6.72. The summed E-state index contributed by atoms with van der Waals surface area (Å²) in [5.41, 5.74) is 0.324. The van der Waals surface area contributed by atoms with E-state index in [1.807, 2.05) is 0 Å². The molecule has 4 atom stereocenters. The zero-order valence-corrected chi connectivity index (χ0v) is 14.2. The molecule has 0 bridgehead atoms. The van der Waals surface area contributed by atoms with E-state index in [2.05, 4.69) is 19.3 Å². The molecule has 3 aliphatic rings. The van der Waals surface area contributed by atoms with Gasteiger partial charge in [0.05, 0.1) is 5.60 Å².